The Bertz CT molecular complexity index is 1250. The molecule has 1 aromatic heterocycles. The first-order valence-electron chi connectivity index (χ1n) is 9.53. The monoisotopic (exact) mass is 417 g/mol. The van der Waals surface area contributed by atoms with Gasteiger partial charge in [-0.3, -0.25) is 14.8 Å². The van der Waals surface area contributed by atoms with Gasteiger partial charge in [-0.05, 0) is 48.9 Å². The summed E-state index contributed by atoms with van der Waals surface area (Å²) >= 11 is 6.04. The zero-order valence-electron chi connectivity index (χ0n) is 16.1. The molecule has 5 rings (SSSR count). The third-order valence-electron chi connectivity index (χ3n) is 5.36. The predicted octanol–water partition coefficient (Wildman–Crippen LogP) is 5.93. The largest absolute Gasteiger partial charge is 0.295 e. The van der Waals surface area contributed by atoms with Gasteiger partial charge in [-0.15, -0.1) is 0 Å². The molecule has 1 atom stereocenters. The van der Waals surface area contributed by atoms with Crippen LogP contribution in [0.2, 0.25) is 5.02 Å². The van der Waals surface area contributed by atoms with Gasteiger partial charge in [0.25, 0.3) is 5.91 Å². The van der Waals surface area contributed by atoms with E-state index in [1.165, 1.54) is 12.1 Å². The van der Waals surface area contributed by atoms with Gasteiger partial charge in [0.15, 0.2) is 0 Å². The number of amides is 1. The standard InChI is InChI=1S/C24H17ClFN3O/c1-14-5-11-19(12-6-14)29-23(16-3-2-4-18(26)13-16)20-21(27-28-22(20)24(29)30)15-7-9-17(25)10-8-15/h2-13,23H,1H3,(H,27,28). The van der Waals surface area contributed by atoms with Crippen LogP contribution in [-0.4, -0.2) is 16.1 Å². The quantitative estimate of drug-likeness (QED) is 0.449. The number of carbonyl (C=O) groups excluding carboxylic acids is 1. The van der Waals surface area contributed by atoms with Gasteiger partial charge in [0.05, 0.1) is 11.7 Å². The van der Waals surface area contributed by atoms with E-state index in [1.807, 2.05) is 49.4 Å². The number of halogens is 2. The highest BCUT2D eigenvalue weighted by atomic mass is 35.5. The minimum atomic E-state index is -0.504. The fourth-order valence-electron chi connectivity index (χ4n) is 3.94. The summed E-state index contributed by atoms with van der Waals surface area (Å²) in [7, 11) is 0. The number of hydrogen-bond acceptors (Lipinski definition) is 2. The van der Waals surface area contributed by atoms with E-state index < -0.39 is 6.04 Å². The van der Waals surface area contributed by atoms with Crippen molar-refractivity contribution in [3.63, 3.8) is 0 Å². The van der Waals surface area contributed by atoms with Crippen LogP contribution in [0, 0.1) is 12.7 Å². The van der Waals surface area contributed by atoms with Crippen molar-refractivity contribution in [2.45, 2.75) is 13.0 Å². The summed E-state index contributed by atoms with van der Waals surface area (Å²) in [4.78, 5) is 15.1. The average Bonchev–Trinajstić information content (AvgIpc) is 3.28. The Morgan fingerprint density at radius 1 is 1.03 bits per heavy atom. The highest BCUT2D eigenvalue weighted by molar-refractivity contribution is 6.30. The molecule has 0 aliphatic carbocycles. The molecular weight excluding hydrogens is 401 g/mol. The number of aryl methyl sites for hydroxylation is 1. The molecule has 148 valence electrons. The highest BCUT2D eigenvalue weighted by Gasteiger charge is 2.43. The Morgan fingerprint density at radius 2 is 1.77 bits per heavy atom. The number of aromatic amines is 1. The van der Waals surface area contributed by atoms with Gasteiger partial charge < -0.3 is 0 Å². The number of rotatable bonds is 3. The molecule has 1 N–H and O–H groups in total. The van der Waals surface area contributed by atoms with Crippen molar-refractivity contribution in [1.29, 1.82) is 0 Å². The summed E-state index contributed by atoms with van der Waals surface area (Å²) in [6.45, 7) is 1.99. The fraction of sp³-hybridized carbons (Fsp3) is 0.0833. The summed E-state index contributed by atoms with van der Waals surface area (Å²) in [5, 5.41) is 7.94. The van der Waals surface area contributed by atoms with Gasteiger partial charge in [-0.25, -0.2) is 4.39 Å². The lowest BCUT2D eigenvalue weighted by atomic mass is 9.95. The van der Waals surface area contributed by atoms with Crippen LogP contribution in [-0.2, 0) is 0 Å². The number of benzene rings is 3. The van der Waals surface area contributed by atoms with Gasteiger partial charge in [-0.2, -0.15) is 5.10 Å². The lowest BCUT2D eigenvalue weighted by molar-refractivity contribution is 0.0988. The van der Waals surface area contributed by atoms with Crippen LogP contribution in [0.5, 0.6) is 0 Å². The van der Waals surface area contributed by atoms with Gasteiger partial charge >= 0.3 is 0 Å². The molecule has 0 saturated heterocycles. The van der Waals surface area contributed by atoms with Gasteiger partial charge in [-0.1, -0.05) is 53.6 Å². The molecule has 0 saturated carbocycles. The van der Waals surface area contributed by atoms with E-state index >= 15 is 0 Å². The molecule has 4 nitrogen and oxygen atoms in total. The number of H-pyrrole nitrogens is 1. The topological polar surface area (TPSA) is 49.0 Å². The van der Waals surface area contributed by atoms with Crippen molar-refractivity contribution in [2.75, 3.05) is 4.90 Å². The van der Waals surface area contributed by atoms with Crippen LogP contribution in [0.4, 0.5) is 10.1 Å². The Morgan fingerprint density at radius 3 is 2.47 bits per heavy atom. The number of anilines is 1. The number of nitrogens with zero attached hydrogens (tertiary/aromatic N) is 2. The Labute approximate surface area is 177 Å². The zero-order chi connectivity index (χ0) is 20.8. The predicted molar refractivity (Wildman–Crippen MR) is 115 cm³/mol. The smallest absolute Gasteiger partial charge is 0.277 e. The minimum Gasteiger partial charge on any atom is -0.295 e. The third-order valence-corrected chi connectivity index (χ3v) is 5.61. The third kappa shape index (κ3) is 2.99. The molecule has 1 amide bonds. The van der Waals surface area contributed by atoms with Crippen molar-refractivity contribution in [2.24, 2.45) is 0 Å². The summed E-state index contributed by atoms with van der Waals surface area (Å²) in [5.74, 6) is -0.551. The molecule has 1 aliphatic heterocycles. The molecule has 6 heteroatoms. The summed E-state index contributed by atoms with van der Waals surface area (Å²) in [6, 6.07) is 20.8. The van der Waals surface area contributed by atoms with E-state index in [2.05, 4.69) is 10.2 Å². The van der Waals surface area contributed by atoms with Crippen LogP contribution in [0.3, 0.4) is 0 Å². The SMILES string of the molecule is Cc1ccc(N2C(=O)c3[nH]nc(-c4ccc(Cl)cc4)c3C2c2cccc(F)c2)cc1. The van der Waals surface area contributed by atoms with E-state index in [0.29, 0.717) is 22.0 Å². The summed E-state index contributed by atoms with van der Waals surface area (Å²) in [6.07, 6.45) is 0. The fourth-order valence-corrected chi connectivity index (χ4v) is 4.06. The lowest BCUT2D eigenvalue weighted by Crippen LogP contribution is -2.29. The van der Waals surface area contributed by atoms with Crippen molar-refractivity contribution in [3.8, 4) is 11.3 Å². The molecule has 30 heavy (non-hydrogen) atoms. The van der Waals surface area contributed by atoms with E-state index in [4.69, 9.17) is 11.6 Å². The number of fused-ring (bicyclic) bond motifs is 1. The maximum Gasteiger partial charge on any atom is 0.277 e. The molecule has 1 aliphatic rings. The second kappa shape index (κ2) is 7.11. The van der Waals surface area contributed by atoms with Crippen LogP contribution in [0.25, 0.3) is 11.3 Å². The molecule has 0 radical (unpaired) electrons. The number of nitrogens with one attached hydrogen (secondary N) is 1. The maximum absolute atomic E-state index is 14.1. The van der Waals surface area contributed by atoms with Crippen LogP contribution in [0.1, 0.15) is 33.2 Å². The molecule has 4 aromatic rings. The molecule has 0 fully saturated rings. The van der Waals surface area contributed by atoms with E-state index in [9.17, 15) is 9.18 Å². The van der Waals surface area contributed by atoms with Gasteiger partial charge in [0, 0.05) is 21.8 Å². The minimum absolute atomic E-state index is 0.198. The van der Waals surface area contributed by atoms with Crippen molar-refractivity contribution in [3.05, 3.63) is 106 Å². The van der Waals surface area contributed by atoms with Crippen molar-refractivity contribution >= 4 is 23.2 Å². The normalized spacial score (nSPS) is 15.5. The van der Waals surface area contributed by atoms with Crippen LogP contribution in [0.15, 0.2) is 72.8 Å². The van der Waals surface area contributed by atoms with Gasteiger partial charge in [0.2, 0.25) is 0 Å². The number of aromatic nitrogens is 2. The second-order valence-corrected chi connectivity index (χ2v) is 7.77. The first-order valence-corrected chi connectivity index (χ1v) is 9.90. The lowest BCUT2D eigenvalue weighted by Gasteiger charge is -2.26. The molecule has 1 unspecified atom stereocenters. The number of hydrogen-bond donors (Lipinski definition) is 1. The highest BCUT2D eigenvalue weighted by Crippen LogP contribution is 2.45. The summed E-state index contributed by atoms with van der Waals surface area (Å²) in [5.41, 5.74) is 5.14. The Hall–Kier alpha value is -3.44. The molecule has 0 bridgehead atoms. The molecule has 3 aromatic carbocycles. The second-order valence-electron chi connectivity index (χ2n) is 7.34. The first kappa shape index (κ1) is 18.6. The number of carbonyl (C=O) groups is 1. The van der Waals surface area contributed by atoms with Crippen molar-refractivity contribution in [1.82, 2.24) is 10.2 Å². The Kier molecular flexibility index (Phi) is 4.40. The van der Waals surface area contributed by atoms with E-state index in [-0.39, 0.29) is 11.7 Å². The van der Waals surface area contributed by atoms with Gasteiger partial charge in [0.1, 0.15) is 11.5 Å². The molecule has 2 heterocycles. The van der Waals surface area contributed by atoms with Crippen LogP contribution >= 0.6 is 11.6 Å². The molecular formula is C24H17ClFN3O. The van der Waals surface area contributed by atoms with E-state index in [0.717, 1.165) is 22.4 Å². The zero-order valence-corrected chi connectivity index (χ0v) is 16.8. The Balaban J connectivity index is 1.72. The summed E-state index contributed by atoms with van der Waals surface area (Å²) < 4.78 is 14.1. The average molecular weight is 418 g/mol. The van der Waals surface area contributed by atoms with Crippen LogP contribution < -0.4 is 4.90 Å². The molecule has 0 spiro atoms. The van der Waals surface area contributed by atoms with Crippen molar-refractivity contribution < 1.29 is 9.18 Å². The maximum atomic E-state index is 14.1. The van der Waals surface area contributed by atoms with E-state index in [1.54, 1.807) is 23.1 Å². The first-order chi connectivity index (χ1) is 14.5.